The van der Waals surface area contributed by atoms with Gasteiger partial charge in [-0.2, -0.15) is 0 Å². The van der Waals surface area contributed by atoms with Gasteiger partial charge in [0.05, 0.1) is 0 Å². The molecule has 4 nitrogen and oxygen atoms in total. The summed E-state index contributed by atoms with van der Waals surface area (Å²) in [5, 5.41) is 0. The highest BCUT2D eigenvalue weighted by Gasteiger charge is 2.21. The van der Waals surface area contributed by atoms with Gasteiger partial charge in [0.1, 0.15) is 0 Å². The maximum atomic E-state index is 12.3. The van der Waals surface area contributed by atoms with Crippen molar-refractivity contribution < 1.29 is 4.79 Å². The average molecular weight is 309 g/mol. The number of amides is 1. The minimum Gasteiger partial charge on any atom is -0.368 e. The predicted molar refractivity (Wildman–Crippen MR) is 92.5 cm³/mol. The van der Waals surface area contributed by atoms with E-state index in [9.17, 15) is 4.79 Å². The smallest absolute Gasteiger partial charge is 0.223 e. The molecule has 0 spiro atoms. The first-order chi connectivity index (χ1) is 11.2. The number of anilines is 1. The Balaban J connectivity index is 1.49. The number of hydrogen-bond acceptors (Lipinski definition) is 3. The molecule has 2 heterocycles. The highest BCUT2D eigenvalue weighted by atomic mass is 16.2. The molecule has 1 aliphatic heterocycles. The second-order valence-electron chi connectivity index (χ2n) is 6.03. The normalized spacial score (nSPS) is 14.8. The highest BCUT2D eigenvalue weighted by Crippen LogP contribution is 2.18. The van der Waals surface area contributed by atoms with Gasteiger partial charge in [-0.25, -0.2) is 0 Å². The number of aryl methyl sites for hydroxylation is 2. The van der Waals surface area contributed by atoms with Crippen molar-refractivity contribution in [3.8, 4) is 0 Å². The summed E-state index contributed by atoms with van der Waals surface area (Å²) in [5.74, 6) is 0.236. The van der Waals surface area contributed by atoms with Crippen molar-refractivity contribution in [2.45, 2.75) is 19.8 Å². The van der Waals surface area contributed by atoms with Crippen molar-refractivity contribution in [3.05, 3.63) is 59.9 Å². The Kier molecular flexibility index (Phi) is 4.91. The van der Waals surface area contributed by atoms with E-state index < -0.39 is 0 Å². The first-order valence-corrected chi connectivity index (χ1v) is 8.22. The van der Waals surface area contributed by atoms with Crippen LogP contribution in [-0.2, 0) is 11.2 Å². The highest BCUT2D eigenvalue weighted by molar-refractivity contribution is 5.76. The Labute approximate surface area is 137 Å². The lowest BCUT2D eigenvalue weighted by Crippen LogP contribution is -2.48. The van der Waals surface area contributed by atoms with Crippen molar-refractivity contribution in [2.24, 2.45) is 0 Å². The van der Waals surface area contributed by atoms with Crippen LogP contribution in [0, 0.1) is 6.92 Å². The molecule has 1 fully saturated rings. The Morgan fingerprint density at radius 1 is 1.09 bits per heavy atom. The van der Waals surface area contributed by atoms with E-state index in [1.807, 2.05) is 23.1 Å². The van der Waals surface area contributed by atoms with E-state index in [1.54, 1.807) is 6.20 Å². The average Bonchev–Trinajstić information content (AvgIpc) is 2.61. The lowest BCUT2D eigenvalue weighted by molar-refractivity contribution is -0.131. The summed E-state index contributed by atoms with van der Waals surface area (Å²) in [6, 6.07) is 14.4. The molecule has 1 amide bonds. The minimum absolute atomic E-state index is 0.236. The van der Waals surface area contributed by atoms with Gasteiger partial charge in [-0.1, -0.05) is 18.2 Å². The molecule has 2 aromatic rings. The zero-order chi connectivity index (χ0) is 16.1. The van der Waals surface area contributed by atoms with Gasteiger partial charge in [-0.3, -0.25) is 9.78 Å². The molecule has 1 saturated heterocycles. The molecule has 120 valence electrons. The van der Waals surface area contributed by atoms with Crippen molar-refractivity contribution in [1.82, 2.24) is 9.88 Å². The molecule has 1 aromatic heterocycles. The monoisotopic (exact) mass is 309 g/mol. The van der Waals surface area contributed by atoms with Gasteiger partial charge in [-0.15, -0.1) is 0 Å². The van der Waals surface area contributed by atoms with Crippen molar-refractivity contribution in [2.75, 3.05) is 31.1 Å². The Morgan fingerprint density at radius 3 is 2.61 bits per heavy atom. The van der Waals surface area contributed by atoms with Gasteiger partial charge < -0.3 is 9.80 Å². The number of nitrogens with zero attached hydrogens (tertiary/aromatic N) is 3. The fraction of sp³-hybridized carbons (Fsp3) is 0.368. The summed E-state index contributed by atoms with van der Waals surface area (Å²) in [6.07, 6.45) is 3.04. The predicted octanol–water partition coefficient (Wildman–Crippen LogP) is 2.67. The zero-order valence-electron chi connectivity index (χ0n) is 13.6. The van der Waals surface area contributed by atoms with Gasteiger partial charge in [0, 0.05) is 50.2 Å². The Bertz CT molecular complexity index is 649. The van der Waals surface area contributed by atoms with Gasteiger partial charge >= 0.3 is 0 Å². The summed E-state index contributed by atoms with van der Waals surface area (Å²) in [6.45, 7) is 5.52. The number of rotatable bonds is 4. The fourth-order valence-corrected chi connectivity index (χ4v) is 2.98. The zero-order valence-corrected chi connectivity index (χ0v) is 13.6. The lowest BCUT2D eigenvalue weighted by atomic mass is 10.1. The van der Waals surface area contributed by atoms with Gasteiger partial charge in [0.2, 0.25) is 5.91 Å². The lowest BCUT2D eigenvalue weighted by Gasteiger charge is -2.36. The number of pyridine rings is 1. The summed E-state index contributed by atoms with van der Waals surface area (Å²) < 4.78 is 0. The molecule has 4 heteroatoms. The van der Waals surface area contributed by atoms with E-state index in [4.69, 9.17) is 0 Å². The van der Waals surface area contributed by atoms with Crippen LogP contribution in [0.4, 0.5) is 5.69 Å². The summed E-state index contributed by atoms with van der Waals surface area (Å²) in [5.41, 5.74) is 3.51. The molecule has 0 atom stereocenters. The van der Waals surface area contributed by atoms with Crippen LogP contribution >= 0.6 is 0 Å². The molecule has 0 N–H and O–H groups in total. The second-order valence-corrected chi connectivity index (χ2v) is 6.03. The Morgan fingerprint density at radius 2 is 1.91 bits per heavy atom. The van der Waals surface area contributed by atoms with Crippen molar-refractivity contribution in [1.29, 1.82) is 0 Å². The molecule has 0 saturated carbocycles. The van der Waals surface area contributed by atoms with E-state index in [0.717, 1.165) is 38.3 Å². The molecule has 0 unspecified atom stereocenters. The molecule has 0 aliphatic carbocycles. The van der Waals surface area contributed by atoms with Gasteiger partial charge in [-0.05, 0) is 43.2 Å². The standard InChI is InChI=1S/C19H23N3O/c1-16-5-4-7-18(15-16)21-11-13-22(14-12-21)19(23)9-8-17-6-2-3-10-20-17/h2-7,10,15H,8-9,11-14H2,1H3. The van der Waals surface area contributed by atoms with Crippen LogP contribution in [0.25, 0.3) is 0 Å². The molecular weight excluding hydrogens is 286 g/mol. The number of hydrogen-bond donors (Lipinski definition) is 0. The molecule has 3 rings (SSSR count). The molecule has 23 heavy (non-hydrogen) atoms. The minimum atomic E-state index is 0.236. The third-order valence-electron chi connectivity index (χ3n) is 4.32. The SMILES string of the molecule is Cc1cccc(N2CCN(C(=O)CCc3ccccn3)CC2)c1. The van der Waals surface area contributed by atoms with Crippen LogP contribution in [0.1, 0.15) is 17.7 Å². The molecule has 0 bridgehead atoms. The maximum absolute atomic E-state index is 12.3. The van der Waals surface area contributed by atoms with E-state index in [-0.39, 0.29) is 5.91 Å². The number of benzene rings is 1. The molecule has 1 aromatic carbocycles. The second kappa shape index (κ2) is 7.27. The van der Waals surface area contributed by atoms with E-state index in [1.165, 1.54) is 11.3 Å². The molecule has 0 radical (unpaired) electrons. The van der Waals surface area contributed by atoms with E-state index >= 15 is 0 Å². The maximum Gasteiger partial charge on any atom is 0.223 e. The first-order valence-electron chi connectivity index (χ1n) is 8.22. The van der Waals surface area contributed by atoms with Crippen LogP contribution in [-0.4, -0.2) is 42.0 Å². The molecular formula is C19H23N3O. The number of piperazine rings is 1. The number of aromatic nitrogens is 1. The largest absolute Gasteiger partial charge is 0.368 e. The van der Waals surface area contributed by atoms with Crippen LogP contribution in [0.2, 0.25) is 0 Å². The topological polar surface area (TPSA) is 36.4 Å². The van der Waals surface area contributed by atoms with Crippen LogP contribution in [0.15, 0.2) is 48.7 Å². The summed E-state index contributed by atoms with van der Waals surface area (Å²) >= 11 is 0. The van der Waals surface area contributed by atoms with E-state index in [0.29, 0.717) is 6.42 Å². The van der Waals surface area contributed by atoms with Crippen molar-refractivity contribution >= 4 is 11.6 Å². The van der Waals surface area contributed by atoms with Gasteiger partial charge in [0.25, 0.3) is 0 Å². The number of carbonyl (C=O) groups is 1. The van der Waals surface area contributed by atoms with Crippen LogP contribution in [0.3, 0.4) is 0 Å². The Hall–Kier alpha value is -2.36. The summed E-state index contributed by atoms with van der Waals surface area (Å²) in [7, 11) is 0. The molecule has 1 aliphatic rings. The third kappa shape index (κ3) is 4.09. The van der Waals surface area contributed by atoms with Gasteiger partial charge in [0.15, 0.2) is 0 Å². The van der Waals surface area contributed by atoms with Crippen LogP contribution in [0.5, 0.6) is 0 Å². The number of carbonyl (C=O) groups excluding carboxylic acids is 1. The third-order valence-corrected chi connectivity index (χ3v) is 4.32. The fourth-order valence-electron chi connectivity index (χ4n) is 2.98. The first kappa shape index (κ1) is 15.5. The summed E-state index contributed by atoms with van der Waals surface area (Å²) in [4.78, 5) is 21.0. The van der Waals surface area contributed by atoms with Crippen LogP contribution < -0.4 is 4.90 Å². The quantitative estimate of drug-likeness (QED) is 0.871. The van der Waals surface area contributed by atoms with Crippen molar-refractivity contribution in [3.63, 3.8) is 0 Å². The van der Waals surface area contributed by atoms with E-state index in [2.05, 4.69) is 41.1 Å².